The number of aromatic nitrogens is 3. The van der Waals surface area contributed by atoms with Crippen molar-refractivity contribution in [1.29, 1.82) is 0 Å². The average molecular weight is 476 g/mol. The van der Waals surface area contributed by atoms with Gasteiger partial charge in [0.1, 0.15) is 10.7 Å². The van der Waals surface area contributed by atoms with E-state index in [0.717, 1.165) is 54.1 Å². The fraction of sp³-hybridized carbons (Fsp3) is 0.346. The van der Waals surface area contributed by atoms with Gasteiger partial charge in [0, 0.05) is 54.7 Å². The van der Waals surface area contributed by atoms with Gasteiger partial charge >= 0.3 is 0 Å². The second-order valence-corrected chi connectivity index (χ2v) is 9.95. The van der Waals surface area contributed by atoms with Crippen molar-refractivity contribution in [2.75, 3.05) is 27.3 Å². The molecule has 0 atom stereocenters. The monoisotopic (exact) mass is 475 g/mol. The van der Waals surface area contributed by atoms with Crippen LogP contribution in [0.15, 0.2) is 48.2 Å². The van der Waals surface area contributed by atoms with E-state index in [0.29, 0.717) is 23.7 Å². The Hall–Kier alpha value is -3.07. The molecule has 0 bridgehead atoms. The predicted molar refractivity (Wildman–Crippen MR) is 135 cm³/mol. The molecule has 0 unspecified atom stereocenters. The molecule has 4 aromatic rings. The third kappa shape index (κ3) is 4.89. The fourth-order valence-corrected chi connectivity index (χ4v) is 5.17. The van der Waals surface area contributed by atoms with Crippen LogP contribution in [0, 0.1) is 0 Å². The van der Waals surface area contributed by atoms with Crippen molar-refractivity contribution in [2.24, 2.45) is 0 Å². The lowest BCUT2D eigenvalue weighted by Gasteiger charge is -2.26. The van der Waals surface area contributed by atoms with E-state index < -0.39 is 0 Å². The van der Waals surface area contributed by atoms with Crippen molar-refractivity contribution in [1.82, 2.24) is 25.2 Å². The van der Waals surface area contributed by atoms with Crippen LogP contribution in [0.3, 0.4) is 0 Å². The number of carbonyl (C=O) groups excluding carboxylic acids is 1. The van der Waals surface area contributed by atoms with Gasteiger partial charge in [0.25, 0.3) is 5.91 Å². The van der Waals surface area contributed by atoms with E-state index >= 15 is 0 Å². The van der Waals surface area contributed by atoms with Crippen LogP contribution < -0.4 is 5.32 Å². The predicted octanol–water partition coefficient (Wildman–Crippen LogP) is 4.57. The first kappa shape index (κ1) is 22.7. The number of thiazole rings is 1. The minimum atomic E-state index is -0.136. The van der Waals surface area contributed by atoms with Crippen LogP contribution in [-0.4, -0.2) is 53.1 Å². The van der Waals surface area contributed by atoms with Crippen LogP contribution in [0.4, 0.5) is 0 Å². The van der Waals surface area contributed by atoms with Gasteiger partial charge in [0.05, 0.1) is 12.1 Å². The van der Waals surface area contributed by atoms with Crippen LogP contribution >= 0.6 is 11.3 Å². The van der Waals surface area contributed by atoms with Crippen LogP contribution in [0.5, 0.6) is 0 Å². The van der Waals surface area contributed by atoms with Crippen LogP contribution in [0.1, 0.15) is 45.3 Å². The van der Waals surface area contributed by atoms with Crippen LogP contribution in [0.2, 0.25) is 0 Å². The zero-order valence-corrected chi connectivity index (χ0v) is 20.3. The van der Waals surface area contributed by atoms with Gasteiger partial charge in [-0.25, -0.2) is 9.97 Å². The average Bonchev–Trinajstić information content (AvgIpc) is 3.52. The first-order chi connectivity index (χ1) is 16.6. The molecule has 7 nitrogen and oxygen atoms in total. The van der Waals surface area contributed by atoms with Gasteiger partial charge in [0.15, 0.2) is 0 Å². The van der Waals surface area contributed by atoms with Crippen molar-refractivity contribution in [3.8, 4) is 11.1 Å². The summed E-state index contributed by atoms with van der Waals surface area (Å²) >= 11 is 1.53. The SMILES string of the molecule is CN(C)Cc1cc(-c2cnc3[nH]cc(C(=O)NCc4nccs4)c3c2)ccc1C1CCOCC1. The molecule has 1 aliphatic heterocycles. The molecule has 0 radical (unpaired) electrons. The Kier molecular flexibility index (Phi) is 6.71. The van der Waals surface area contributed by atoms with Gasteiger partial charge in [-0.1, -0.05) is 12.1 Å². The highest BCUT2D eigenvalue weighted by Crippen LogP contribution is 2.33. The first-order valence-electron chi connectivity index (χ1n) is 11.6. The Balaban J connectivity index is 1.45. The van der Waals surface area contributed by atoms with Gasteiger partial charge in [-0.3, -0.25) is 4.79 Å². The molecule has 1 aromatic carbocycles. The maximum Gasteiger partial charge on any atom is 0.253 e. The maximum atomic E-state index is 12.9. The van der Waals surface area contributed by atoms with Gasteiger partial charge in [-0.05, 0) is 61.7 Å². The van der Waals surface area contributed by atoms with Crippen molar-refractivity contribution >= 4 is 28.3 Å². The molecule has 0 spiro atoms. The molecular formula is C26H29N5O2S. The highest BCUT2D eigenvalue weighted by molar-refractivity contribution is 7.09. The van der Waals surface area contributed by atoms with Gasteiger partial charge < -0.3 is 19.9 Å². The van der Waals surface area contributed by atoms with Gasteiger partial charge in [-0.15, -0.1) is 11.3 Å². The molecule has 8 heteroatoms. The van der Waals surface area contributed by atoms with Crippen LogP contribution in [-0.2, 0) is 17.8 Å². The first-order valence-corrected chi connectivity index (χ1v) is 12.5. The summed E-state index contributed by atoms with van der Waals surface area (Å²) in [4.78, 5) is 27.0. The molecular weight excluding hydrogens is 446 g/mol. The number of amides is 1. The Bertz CT molecular complexity index is 1280. The number of nitrogens with zero attached hydrogens (tertiary/aromatic N) is 3. The number of fused-ring (bicyclic) bond motifs is 1. The molecule has 3 aromatic heterocycles. The number of nitrogens with one attached hydrogen (secondary N) is 2. The lowest BCUT2D eigenvalue weighted by atomic mass is 9.86. The standard InChI is InChI=1S/C26H29N5O2S/c1-31(2)16-20-11-18(3-4-21(20)17-5-8-33-9-6-17)19-12-22-23(14-29-25(22)28-13-19)26(32)30-15-24-27-7-10-34-24/h3-4,7,10-14,17H,5-6,8-9,15-16H2,1-2H3,(H,28,29)(H,30,32). The minimum absolute atomic E-state index is 0.136. The maximum absolute atomic E-state index is 12.9. The zero-order valence-electron chi connectivity index (χ0n) is 19.5. The fourth-order valence-electron chi connectivity index (χ4n) is 4.61. The summed E-state index contributed by atoms with van der Waals surface area (Å²) in [7, 11) is 4.20. The van der Waals surface area contributed by atoms with E-state index in [9.17, 15) is 4.79 Å². The molecule has 0 aliphatic carbocycles. The Morgan fingerprint density at radius 3 is 2.82 bits per heavy atom. The summed E-state index contributed by atoms with van der Waals surface area (Å²) in [5.41, 5.74) is 6.16. The van der Waals surface area contributed by atoms with E-state index in [-0.39, 0.29) is 5.91 Å². The largest absolute Gasteiger partial charge is 0.381 e. The second-order valence-electron chi connectivity index (χ2n) is 8.97. The lowest BCUT2D eigenvalue weighted by molar-refractivity contribution is 0.0850. The smallest absolute Gasteiger partial charge is 0.253 e. The summed E-state index contributed by atoms with van der Waals surface area (Å²) in [6, 6.07) is 8.79. The molecule has 1 fully saturated rings. The topological polar surface area (TPSA) is 83.1 Å². The molecule has 1 saturated heterocycles. The molecule has 2 N–H and O–H groups in total. The number of pyridine rings is 1. The Morgan fingerprint density at radius 1 is 1.21 bits per heavy atom. The number of hydrogen-bond donors (Lipinski definition) is 2. The van der Waals surface area contributed by atoms with E-state index in [1.54, 1.807) is 12.4 Å². The quantitative estimate of drug-likeness (QED) is 0.409. The van der Waals surface area contributed by atoms with Crippen LogP contribution in [0.25, 0.3) is 22.2 Å². The second kappa shape index (κ2) is 10.0. The number of carbonyl (C=O) groups is 1. The molecule has 176 valence electrons. The van der Waals surface area contributed by atoms with Gasteiger partial charge in [0.2, 0.25) is 0 Å². The molecule has 0 saturated carbocycles. The highest BCUT2D eigenvalue weighted by Gasteiger charge is 2.20. The van der Waals surface area contributed by atoms with E-state index in [4.69, 9.17) is 4.74 Å². The third-order valence-electron chi connectivity index (χ3n) is 6.28. The third-order valence-corrected chi connectivity index (χ3v) is 7.06. The summed E-state index contributed by atoms with van der Waals surface area (Å²) in [5.74, 6) is 0.403. The van der Waals surface area contributed by atoms with E-state index in [2.05, 4.69) is 63.5 Å². The number of H-pyrrole nitrogens is 1. The van der Waals surface area contributed by atoms with Gasteiger partial charge in [-0.2, -0.15) is 0 Å². The molecule has 34 heavy (non-hydrogen) atoms. The molecule has 1 aliphatic rings. The molecule has 1 amide bonds. The van der Waals surface area contributed by atoms with E-state index in [1.807, 2.05) is 11.6 Å². The number of ether oxygens (including phenoxy) is 1. The highest BCUT2D eigenvalue weighted by atomic mass is 32.1. The number of aromatic amines is 1. The number of benzene rings is 1. The van der Waals surface area contributed by atoms with Crippen molar-refractivity contribution in [3.63, 3.8) is 0 Å². The zero-order chi connectivity index (χ0) is 23.5. The summed E-state index contributed by atoms with van der Waals surface area (Å²) in [6.07, 6.45) is 7.47. The van der Waals surface area contributed by atoms with Crippen molar-refractivity contribution < 1.29 is 9.53 Å². The Morgan fingerprint density at radius 2 is 2.06 bits per heavy atom. The van der Waals surface area contributed by atoms with E-state index in [1.165, 1.54) is 22.5 Å². The summed E-state index contributed by atoms with van der Waals surface area (Å²) in [6.45, 7) is 2.95. The number of rotatable bonds is 7. The summed E-state index contributed by atoms with van der Waals surface area (Å²) < 4.78 is 5.58. The lowest BCUT2D eigenvalue weighted by Crippen LogP contribution is -2.22. The molecule has 5 rings (SSSR count). The molecule has 4 heterocycles. The number of hydrogen-bond acceptors (Lipinski definition) is 6. The minimum Gasteiger partial charge on any atom is -0.381 e. The Labute approximate surface area is 203 Å². The van der Waals surface area contributed by atoms with Crippen molar-refractivity contribution in [3.05, 3.63) is 69.9 Å². The normalized spacial score (nSPS) is 14.7. The van der Waals surface area contributed by atoms with Crippen molar-refractivity contribution in [2.45, 2.75) is 31.8 Å². The summed E-state index contributed by atoms with van der Waals surface area (Å²) in [5, 5.41) is 6.56.